The molecule has 2 N–H and O–H groups in total. The molecule has 0 saturated carbocycles. The van der Waals surface area contributed by atoms with Gasteiger partial charge >= 0.3 is 0 Å². The number of rotatable bonds is 7. The van der Waals surface area contributed by atoms with Crippen molar-refractivity contribution in [2.75, 3.05) is 6.54 Å². The number of carbonyl (C=O) groups excluding carboxylic acids is 1. The zero-order chi connectivity index (χ0) is 12.5. The van der Waals surface area contributed by atoms with Crippen molar-refractivity contribution in [2.45, 2.75) is 38.8 Å². The number of aliphatic hydroxyl groups excluding tert-OH is 1. The first-order chi connectivity index (χ1) is 8.18. The molecule has 1 rings (SSSR count). The van der Waals surface area contributed by atoms with Crippen molar-refractivity contribution in [3.05, 3.63) is 30.6 Å². The molecule has 0 bridgehead atoms. The highest BCUT2D eigenvalue weighted by Crippen LogP contribution is 1.95. The van der Waals surface area contributed by atoms with Crippen molar-refractivity contribution < 1.29 is 31.4 Å². The second kappa shape index (κ2) is 10.0. The molecule has 18 heavy (non-hydrogen) atoms. The van der Waals surface area contributed by atoms with E-state index in [4.69, 9.17) is 5.11 Å². The predicted molar refractivity (Wildman–Crippen MR) is 65.2 cm³/mol. The number of amides is 1. The van der Waals surface area contributed by atoms with Crippen molar-refractivity contribution in [1.82, 2.24) is 5.32 Å². The van der Waals surface area contributed by atoms with Gasteiger partial charge in [-0.2, -0.15) is 0 Å². The summed E-state index contributed by atoms with van der Waals surface area (Å²) in [5.41, 5.74) is 0. The minimum Gasteiger partial charge on any atom is -1.00 e. The lowest BCUT2D eigenvalue weighted by atomic mass is 10.2. The van der Waals surface area contributed by atoms with Gasteiger partial charge in [0.1, 0.15) is 6.54 Å². The van der Waals surface area contributed by atoms with Crippen LogP contribution in [0.5, 0.6) is 0 Å². The minimum absolute atomic E-state index is 0. The molecule has 1 unspecified atom stereocenters. The summed E-state index contributed by atoms with van der Waals surface area (Å²) in [6.07, 6.45) is 5.95. The Morgan fingerprint density at radius 1 is 1.28 bits per heavy atom. The van der Waals surface area contributed by atoms with Crippen molar-refractivity contribution in [1.29, 1.82) is 0 Å². The lowest BCUT2D eigenvalue weighted by Crippen LogP contribution is -3.00. The zero-order valence-corrected chi connectivity index (χ0v) is 12.3. The first-order valence-electron chi connectivity index (χ1n) is 6.07. The normalized spacial score (nSPS) is 11.4. The van der Waals surface area contributed by atoms with Crippen LogP contribution < -0.4 is 26.9 Å². The summed E-state index contributed by atoms with van der Waals surface area (Å²) in [4.78, 5) is 11.3. The molecular formula is C13H21BrN2O2. The Balaban J connectivity index is 0.00000289. The van der Waals surface area contributed by atoms with Crippen molar-refractivity contribution >= 4 is 5.91 Å². The Morgan fingerprint density at radius 2 is 1.94 bits per heavy atom. The number of unbranched alkanes of at least 4 members (excludes halogenated alkanes) is 1. The van der Waals surface area contributed by atoms with Crippen LogP contribution in [-0.4, -0.2) is 23.7 Å². The van der Waals surface area contributed by atoms with Gasteiger partial charge in [0, 0.05) is 31.5 Å². The van der Waals surface area contributed by atoms with E-state index in [1.807, 2.05) is 30.6 Å². The molecule has 0 fully saturated rings. The zero-order valence-electron chi connectivity index (χ0n) is 10.7. The number of hydrogen-bond donors (Lipinski definition) is 2. The Morgan fingerprint density at radius 3 is 2.56 bits per heavy atom. The molecule has 1 aromatic heterocycles. The third kappa shape index (κ3) is 8.20. The highest BCUT2D eigenvalue weighted by molar-refractivity contribution is 5.75. The Hall–Kier alpha value is -0.940. The molecule has 5 heteroatoms. The smallest absolute Gasteiger partial charge is 0.220 e. The van der Waals surface area contributed by atoms with Gasteiger partial charge in [-0.05, 0) is 13.3 Å². The lowest BCUT2D eigenvalue weighted by Gasteiger charge is -2.06. The molecule has 102 valence electrons. The Labute approximate surface area is 119 Å². The summed E-state index contributed by atoms with van der Waals surface area (Å²) in [5.74, 6) is 0.0176. The summed E-state index contributed by atoms with van der Waals surface area (Å²) in [7, 11) is 0. The van der Waals surface area contributed by atoms with Crippen molar-refractivity contribution in [3.63, 3.8) is 0 Å². The van der Waals surface area contributed by atoms with Crippen LogP contribution >= 0.6 is 0 Å². The van der Waals surface area contributed by atoms with Crippen LogP contribution in [0.15, 0.2) is 30.6 Å². The highest BCUT2D eigenvalue weighted by Gasteiger charge is 2.04. The summed E-state index contributed by atoms with van der Waals surface area (Å²) in [5, 5.41) is 11.7. The van der Waals surface area contributed by atoms with E-state index in [0.29, 0.717) is 13.0 Å². The number of nitrogens with zero attached hydrogens (tertiary/aromatic N) is 1. The molecule has 1 amide bonds. The molecule has 4 nitrogen and oxygen atoms in total. The number of aliphatic hydroxyl groups is 1. The number of halogens is 1. The van der Waals surface area contributed by atoms with Crippen LogP contribution in [0.25, 0.3) is 0 Å². The van der Waals surface area contributed by atoms with Crippen molar-refractivity contribution in [3.8, 4) is 0 Å². The molecule has 1 atom stereocenters. The van der Waals surface area contributed by atoms with E-state index in [-0.39, 0.29) is 22.9 Å². The van der Waals surface area contributed by atoms with Gasteiger partial charge in [0.25, 0.3) is 0 Å². The van der Waals surface area contributed by atoms with Gasteiger partial charge in [-0.15, -0.1) is 0 Å². The fraction of sp³-hybridized carbons (Fsp3) is 0.538. The van der Waals surface area contributed by atoms with E-state index in [1.165, 1.54) is 0 Å². The molecule has 0 radical (unpaired) electrons. The largest absolute Gasteiger partial charge is 1.00 e. The third-order valence-corrected chi connectivity index (χ3v) is 2.44. The minimum atomic E-state index is -0.473. The maximum absolute atomic E-state index is 11.3. The number of hydrogen-bond acceptors (Lipinski definition) is 2. The topological polar surface area (TPSA) is 53.2 Å². The molecule has 0 aliphatic heterocycles. The van der Waals surface area contributed by atoms with Gasteiger partial charge in [0.05, 0.1) is 6.10 Å². The van der Waals surface area contributed by atoms with Crippen LogP contribution in [-0.2, 0) is 11.3 Å². The van der Waals surface area contributed by atoms with Gasteiger partial charge in [-0.25, -0.2) is 4.57 Å². The average molecular weight is 317 g/mol. The van der Waals surface area contributed by atoms with E-state index in [2.05, 4.69) is 9.88 Å². The first-order valence-corrected chi connectivity index (χ1v) is 6.07. The summed E-state index contributed by atoms with van der Waals surface area (Å²) >= 11 is 0. The van der Waals surface area contributed by atoms with Crippen LogP contribution in [0.3, 0.4) is 0 Å². The van der Waals surface area contributed by atoms with Gasteiger partial charge < -0.3 is 27.4 Å². The number of nitrogens with one attached hydrogen (secondary N) is 1. The van der Waals surface area contributed by atoms with Crippen molar-refractivity contribution in [2.24, 2.45) is 0 Å². The molecule has 1 heterocycles. The molecule has 0 saturated heterocycles. The SMILES string of the molecule is CC(O)CNC(=O)CCCC[n+]1ccccc1.[Br-]. The lowest BCUT2D eigenvalue weighted by molar-refractivity contribution is -0.697. The standard InChI is InChI=1S/C13H20N2O2.BrH/c1-12(16)11-14-13(17)7-3-6-10-15-8-4-2-5-9-15;/h2,4-5,8-9,12,16H,3,6-7,10-11H2,1H3;1H. The van der Waals surface area contributed by atoms with Crippen LogP contribution in [0, 0.1) is 0 Å². The highest BCUT2D eigenvalue weighted by atomic mass is 79.9. The fourth-order valence-corrected chi connectivity index (χ4v) is 1.51. The summed E-state index contributed by atoms with van der Waals surface area (Å²) in [6.45, 7) is 2.93. The molecule has 0 aromatic carbocycles. The van der Waals surface area contributed by atoms with Crippen LogP contribution in [0.1, 0.15) is 26.2 Å². The molecule has 0 spiro atoms. The van der Waals surface area contributed by atoms with Gasteiger partial charge in [0.2, 0.25) is 5.91 Å². The predicted octanol–water partition coefficient (Wildman–Crippen LogP) is -2.35. The maximum Gasteiger partial charge on any atom is 0.220 e. The van der Waals surface area contributed by atoms with Gasteiger partial charge in [-0.3, -0.25) is 4.79 Å². The molecule has 0 aliphatic carbocycles. The molecule has 0 aliphatic rings. The maximum atomic E-state index is 11.3. The number of aromatic nitrogens is 1. The van der Waals surface area contributed by atoms with E-state index in [9.17, 15) is 4.79 Å². The first kappa shape index (κ1) is 17.1. The number of pyridine rings is 1. The fourth-order valence-electron chi connectivity index (χ4n) is 1.51. The van der Waals surface area contributed by atoms with E-state index >= 15 is 0 Å². The summed E-state index contributed by atoms with van der Waals surface area (Å²) in [6, 6.07) is 5.98. The van der Waals surface area contributed by atoms with E-state index in [0.717, 1.165) is 19.4 Å². The van der Waals surface area contributed by atoms with E-state index < -0.39 is 6.10 Å². The van der Waals surface area contributed by atoms with Crippen LogP contribution in [0.4, 0.5) is 0 Å². The molecular weight excluding hydrogens is 296 g/mol. The monoisotopic (exact) mass is 316 g/mol. The van der Waals surface area contributed by atoms with Gasteiger partial charge in [-0.1, -0.05) is 6.07 Å². The second-order valence-corrected chi connectivity index (χ2v) is 4.22. The van der Waals surface area contributed by atoms with Gasteiger partial charge in [0.15, 0.2) is 12.4 Å². The van der Waals surface area contributed by atoms with Crippen LogP contribution in [0.2, 0.25) is 0 Å². The Kier molecular flexibility index (Phi) is 9.50. The Bertz CT molecular complexity index is 331. The summed E-state index contributed by atoms with van der Waals surface area (Å²) < 4.78 is 2.10. The average Bonchev–Trinajstić information content (AvgIpc) is 2.33. The number of carbonyl (C=O) groups is 1. The van der Waals surface area contributed by atoms with E-state index in [1.54, 1.807) is 6.92 Å². The number of aryl methyl sites for hydroxylation is 1. The second-order valence-electron chi connectivity index (χ2n) is 4.22. The third-order valence-electron chi connectivity index (χ3n) is 2.44. The quantitative estimate of drug-likeness (QED) is 0.437. The molecule has 1 aromatic rings.